The molecule has 4 rings (SSSR count). The van der Waals surface area contributed by atoms with Gasteiger partial charge in [0.2, 0.25) is 0 Å². The zero-order chi connectivity index (χ0) is 20.6. The summed E-state index contributed by atoms with van der Waals surface area (Å²) in [5.74, 6) is 0. The maximum Gasteiger partial charge on any atom is 0.416 e. The van der Waals surface area contributed by atoms with E-state index in [-0.39, 0.29) is 18.7 Å². The Bertz CT molecular complexity index is 896. The summed E-state index contributed by atoms with van der Waals surface area (Å²) in [7, 11) is 0. The molecular formula is C22H23F3N2O2. The van der Waals surface area contributed by atoms with E-state index < -0.39 is 11.7 Å². The van der Waals surface area contributed by atoms with Crippen molar-refractivity contribution < 1.29 is 23.1 Å². The molecule has 0 saturated carbocycles. The van der Waals surface area contributed by atoms with Gasteiger partial charge in [-0.1, -0.05) is 24.3 Å². The molecule has 29 heavy (non-hydrogen) atoms. The van der Waals surface area contributed by atoms with Crippen LogP contribution in [0.2, 0.25) is 0 Å². The first-order chi connectivity index (χ1) is 13.9. The molecule has 0 bridgehead atoms. The van der Waals surface area contributed by atoms with Gasteiger partial charge in [-0.25, -0.2) is 4.79 Å². The molecule has 0 aliphatic carbocycles. The van der Waals surface area contributed by atoms with Crippen LogP contribution in [-0.4, -0.2) is 46.7 Å². The van der Waals surface area contributed by atoms with Crippen molar-refractivity contribution in [1.82, 2.24) is 9.80 Å². The van der Waals surface area contributed by atoms with Gasteiger partial charge in [-0.05, 0) is 59.7 Å². The number of hydrogen-bond acceptors (Lipinski definition) is 2. The number of carbonyl (C=O) groups excluding carboxylic acids is 1. The Morgan fingerprint density at radius 2 is 1.76 bits per heavy atom. The van der Waals surface area contributed by atoms with Gasteiger partial charge in [0, 0.05) is 19.6 Å². The number of amides is 2. The van der Waals surface area contributed by atoms with E-state index in [2.05, 4.69) is 0 Å². The normalized spacial score (nSPS) is 19.4. The number of fused-ring (bicyclic) bond motifs is 1. The van der Waals surface area contributed by atoms with Crippen LogP contribution in [0, 0.1) is 0 Å². The minimum Gasteiger partial charge on any atom is -0.394 e. The molecule has 2 aliphatic rings. The van der Waals surface area contributed by atoms with E-state index >= 15 is 0 Å². The van der Waals surface area contributed by atoms with Crippen LogP contribution in [0.15, 0.2) is 42.5 Å². The van der Waals surface area contributed by atoms with Gasteiger partial charge in [0.05, 0.1) is 18.2 Å². The first-order valence-corrected chi connectivity index (χ1v) is 9.82. The highest BCUT2D eigenvalue weighted by molar-refractivity contribution is 5.76. The van der Waals surface area contributed by atoms with Crippen molar-refractivity contribution in [3.05, 3.63) is 59.2 Å². The lowest BCUT2D eigenvalue weighted by atomic mass is 9.94. The number of aliphatic hydroxyl groups is 1. The third-order valence-corrected chi connectivity index (χ3v) is 5.87. The molecule has 7 heteroatoms. The summed E-state index contributed by atoms with van der Waals surface area (Å²) in [4.78, 5) is 16.5. The molecule has 1 fully saturated rings. The molecule has 1 atom stereocenters. The lowest BCUT2D eigenvalue weighted by molar-refractivity contribution is -0.137. The summed E-state index contributed by atoms with van der Waals surface area (Å²) in [5.41, 5.74) is 3.05. The van der Waals surface area contributed by atoms with E-state index in [0.717, 1.165) is 48.1 Å². The molecule has 2 amide bonds. The SMILES string of the molecule is O=C(N1CCc2ccc(-c3ccc(C(F)(F)F)cc3)cc2C1)N1CCC[C@H]1CO. The number of carbonyl (C=O) groups is 1. The largest absolute Gasteiger partial charge is 0.416 e. The lowest BCUT2D eigenvalue weighted by Crippen LogP contribution is -2.48. The smallest absolute Gasteiger partial charge is 0.394 e. The van der Waals surface area contributed by atoms with Crippen molar-refractivity contribution in [1.29, 1.82) is 0 Å². The number of likely N-dealkylation sites (tertiary alicyclic amines) is 1. The summed E-state index contributed by atoms with van der Waals surface area (Å²) in [6.07, 6.45) is -1.88. The molecule has 2 aromatic rings. The van der Waals surface area contributed by atoms with Crippen molar-refractivity contribution in [2.75, 3.05) is 19.7 Å². The quantitative estimate of drug-likeness (QED) is 0.811. The van der Waals surface area contributed by atoms with Crippen LogP contribution in [0.3, 0.4) is 0 Å². The summed E-state index contributed by atoms with van der Waals surface area (Å²) in [5, 5.41) is 9.49. The minimum atomic E-state index is -4.35. The van der Waals surface area contributed by atoms with Gasteiger partial charge in [-0.15, -0.1) is 0 Å². The second kappa shape index (κ2) is 7.71. The van der Waals surface area contributed by atoms with Gasteiger partial charge in [0.15, 0.2) is 0 Å². The van der Waals surface area contributed by atoms with E-state index in [1.807, 2.05) is 18.2 Å². The molecule has 0 aromatic heterocycles. The molecule has 1 saturated heterocycles. The third-order valence-electron chi connectivity index (χ3n) is 5.87. The Balaban J connectivity index is 1.53. The van der Waals surface area contributed by atoms with Crippen molar-refractivity contribution in [3.63, 3.8) is 0 Å². The lowest BCUT2D eigenvalue weighted by Gasteiger charge is -2.34. The summed E-state index contributed by atoms with van der Waals surface area (Å²) < 4.78 is 38.4. The fraction of sp³-hybridized carbons (Fsp3) is 0.409. The van der Waals surface area contributed by atoms with E-state index in [9.17, 15) is 23.1 Å². The Morgan fingerprint density at radius 1 is 1.03 bits per heavy atom. The molecule has 1 N–H and O–H groups in total. The number of nitrogens with zero attached hydrogens (tertiary/aromatic N) is 2. The summed E-state index contributed by atoms with van der Waals surface area (Å²) >= 11 is 0. The molecule has 154 valence electrons. The van der Waals surface area contributed by atoms with Crippen LogP contribution in [-0.2, 0) is 19.1 Å². The zero-order valence-corrected chi connectivity index (χ0v) is 16.0. The van der Waals surface area contributed by atoms with Crippen LogP contribution < -0.4 is 0 Å². The Labute approximate surface area is 167 Å². The average molecular weight is 404 g/mol. The predicted octanol–water partition coefficient (Wildman–Crippen LogP) is 4.31. The van der Waals surface area contributed by atoms with E-state index in [0.29, 0.717) is 25.2 Å². The zero-order valence-electron chi connectivity index (χ0n) is 16.0. The first-order valence-electron chi connectivity index (χ1n) is 9.82. The number of halogens is 3. The fourth-order valence-corrected chi connectivity index (χ4v) is 4.21. The van der Waals surface area contributed by atoms with Gasteiger partial charge in [-0.3, -0.25) is 0 Å². The maximum absolute atomic E-state index is 12.9. The Morgan fingerprint density at radius 3 is 2.45 bits per heavy atom. The Hall–Kier alpha value is -2.54. The van der Waals surface area contributed by atoms with Crippen LogP contribution >= 0.6 is 0 Å². The van der Waals surface area contributed by atoms with Crippen molar-refractivity contribution in [2.24, 2.45) is 0 Å². The monoisotopic (exact) mass is 404 g/mol. The highest BCUT2D eigenvalue weighted by atomic mass is 19.4. The topological polar surface area (TPSA) is 43.8 Å². The number of hydrogen-bond donors (Lipinski definition) is 1. The molecule has 2 heterocycles. The van der Waals surface area contributed by atoms with E-state index in [1.54, 1.807) is 9.80 Å². The number of alkyl halides is 3. The van der Waals surface area contributed by atoms with Crippen LogP contribution in [0.1, 0.15) is 29.5 Å². The molecule has 4 nitrogen and oxygen atoms in total. The van der Waals surface area contributed by atoms with Gasteiger partial charge in [0.25, 0.3) is 0 Å². The molecule has 2 aliphatic heterocycles. The second-order valence-corrected chi connectivity index (χ2v) is 7.68. The van der Waals surface area contributed by atoms with E-state index in [1.165, 1.54) is 12.1 Å². The van der Waals surface area contributed by atoms with E-state index in [4.69, 9.17) is 0 Å². The van der Waals surface area contributed by atoms with Crippen molar-refractivity contribution in [2.45, 2.75) is 38.0 Å². The van der Waals surface area contributed by atoms with Crippen LogP contribution in [0.5, 0.6) is 0 Å². The molecular weight excluding hydrogens is 381 g/mol. The number of benzene rings is 2. The highest BCUT2D eigenvalue weighted by Crippen LogP contribution is 2.32. The van der Waals surface area contributed by atoms with Crippen LogP contribution in [0.25, 0.3) is 11.1 Å². The Kier molecular flexibility index (Phi) is 5.25. The van der Waals surface area contributed by atoms with Crippen molar-refractivity contribution in [3.8, 4) is 11.1 Å². The molecule has 0 radical (unpaired) electrons. The van der Waals surface area contributed by atoms with Gasteiger partial charge in [-0.2, -0.15) is 13.2 Å². The predicted molar refractivity (Wildman–Crippen MR) is 103 cm³/mol. The number of aliphatic hydroxyl groups excluding tert-OH is 1. The minimum absolute atomic E-state index is 0.0196. The second-order valence-electron chi connectivity index (χ2n) is 7.68. The number of urea groups is 1. The van der Waals surface area contributed by atoms with Gasteiger partial charge in [0.1, 0.15) is 0 Å². The fourth-order valence-electron chi connectivity index (χ4n) is 4.21. The standard InChI is InChI=1S/C22H23F3N2O2/c23-22(24,25)19-7-5-15(6-8-19)17-4-3-16-9-11-26(13-18(16)12-17)21(29)27-10-1-2-20(27)14-28/h3-8,12,20,28H,1-2,9-11,13-14H2/t20-/m0/s1. The molecule has 0 spiro atoms. The maximum atomic E-state index is 12.9. The average Bonchev–Trinajstić information content (AvgIpc) is 3.20. The van der Waals surface area contributed by atoms with Gasteiger partial charge >= 0.3 is 12.2 Å². The molecule has 2 aromatic carbocycles. The van der Waals surface area contributed by atoms with Crippen LogP contribution in [0.4, 0.5) is 18.0 Å². The van der Waals surface area contributed by atoms with Crippen molar-refractivity contribution >= 4 is 6.03 Å². The number of rotatable bonds is 2. The third kappa shape index (κ3) is 3.96. The summed E-state index contributed by atoms with van der Waals surface area (Å²) in [6.45, 7) is 1.74. The summed E-state index contributed by atoms with van der Waals surface area (Å²) in [6, 6.07) is 10.9. The first kappa shape index (κ1) is 19.8. The molecule has 0 unspecified atom stereocenters. The highest BCUT2D eigenvalue weighted by Gasteiger charge is 2.33. The van der Waals surface area contributed by atoms with Gasteiger partial charge < -0.3 is 14.9 Å².